The quantitative estimate of drug-likeness (QED) is 0.680. The van der Waals surface area contributed by atoms with E-state index in [1.807, 2.05) is 0 Å². The molecule has 1 fully saturated rings. The molecule has 1 heterocycles. The summed E-state index contributed by atoms with van der Waals surface area (Å²) in [6.07, 6.45) is 3.93. The van der Waals surface area contributed by atoms with Crippen LogP contribution in [-0.2, 0) is 0 Å². The Labute approximate surface area is 82.5 Å². The average Bonchev–Trinajstić information content (AvgIpc) is 2.53. The van der Waals surface area contributed by atoms with Gasteiger partial charge in [0.15, 0.2) is 0 Å². The van der Waals surface area contributed by atoms with E-state index in [9.17, 15) is 0 Å². The first kappa shape index (κ1) is 11.0. The molecule has 0 spiro atoms. The molecule has 0 aromatic rings. The van der Waals surface area contributed by atoms with E-state index in [1.54, 1.807) is 0 Å². The van der Waals surface area contributed by atoms with E-state index >= 15 is 0 Å². The van der Waals surface area contributed by atoms with Crippen LogP contribution in [0.2, 0.25) is 0 Å². The molecule has 1 rings (SSSR count). The molecule has 0 bridgehead atoms. The smallest absolute Gasteiger partial charge is 0.0304 e. The zero-order chi connectivity index (χ0) is 9.73. The standard InChI is InChI=1S/C11H24N2/c1-4-11(6-5-7-13-11)9-12-8-10(2)3/h10,12-13H,4-9H2,1-3H3. The van der Waals surface area contributed by atoms with Crippen molar-refractivity contribution in [3.05, 3.63) is 0 Å². The maximum absolute atomic E-state index is 3.63. The van der Waals surface area contributed by atoms with Gasteiger partial charge in [-0.3, -0.25) is 0 Å². The first-order valence-corrected chi connectivity index (χ1v) is 5.64. The van der Waals surface area contributed by atoms with Crippen molar-refractivity contribution >= 4 is 0 Å². The van der Waals surface area contributed by atoms with Crippen LogP contribution in [0.1, 0.15) is 40.0 Å². The highest BCUT2D eigenvalue weighted by atomic mass is 15.1. The fourth-order valence-corrected chi connectivity index (χ4v) is 2.05. The van der Waals surface area contributed by atoms with E-state index in [-0.39, 0.29) is 0 Å². The van der Waals surface area contributed by atoms with Gasteiger partial charge in [0.05, 0.1) is 0 Å². The summed E-state index contributed by atoms with van der Waals surface area (Å²) < 4.78 is 0. The lowest BCUT2D eigenvalue weighted by atomic mass is 9.94. The summed E-state index contributed by atoms with van der Waals surface area (Å²) in [7, 11) is 0. The van der Waals surface area contributed by atoms with Gasteiger partial charge in [-0.05, 0) is 38.3 Å². The van der Waals surface area contributed by atoms with Crippen LogP contribution in [0.3, 0.4) is 0 Å². The third kappa shape index (κ3) is 3.28. The molecule has 1 atom stereocenters. The molecule has 13 heavy (non-hydrogen) atoms. The van der Waals surface area contributed by atoms with Crippen molar-refractivity contribution in [2.24, 2.45) is 5.92 Å². The van der Waals surface area contributed by atoms with Crippen molar-refractivity contribution in [2.45, 2.75) is 45.6 Å². The molecule has 0 aromatic carbocycles. The van der Waals surface area contributed by atoms with E-state index in [2.05, 4.69) is 31.4 Å². The third-order valence-corrected chi connectivity index (χ3v) is 3.02. The van der Waals surface area contributed by atoms with Crippen LogP contribution in [-0.4, -0.2) is 25.2 Å². The van der Waals surface area contributed by atoms with Gasteiger partial charge in [-0.25, -0.2) is 0 Å². The molecular formula is C11H24N2. The first-order chi connectivity index (χ1) is 6.18. The minimum absolute atomic E-state index is 0.412. The Morgan fingerprint density at radius 1 is 1.46 bits per heavy atom. The lowest BCUT2D eigenvalue weighted by Crippen LogP contribution is -2.48. The molecule has 0 saturated carbocycles. The molecule has 1 aliphatic heterocycles. The molecule has 2 nitrogen and oxygen atoms in total. The highest BCUT2D eigenvalue weighted by Crippen LogP contribution is 2.21. The summed E-state index contributed by atoms with van der Waals surface area (Å²) in [5.74, 6) is 0.760. The number of rotatable bonds is 5. The number of nitrogens with one attached hydrogen (secondary N) is 2. The Balaban J connectivity index is 2.23. The zero-order valence-electron chi connectivity index (χ0n) is 9.32. The first-order valence-electron chi connectivity index (χ1n) is 5.64. The molecular weight excluding hydrogens is 160 g/mol. The van der Waals surface area contributed by atoms with Crippen molar-refractivity contribution in [1.29, 1.82) is 0 Å². The molecule has 0 aliphatic carbocycles. The van der Waals surface area contributed by atoms with E-state index in [1.165, 1.54) is 25.8 Å². The summed E-state index contributed by atoms with van der Waals surface area (Å²) in [6.45, 7) is 10.3. The predicted molar refractivity (Wildman–Crippen MR) is 58.0 cm³/mol. The highest BCUT2D eigenvalue weighted by molar-refractivity contribution is 4.93. The molecule has 0 amide bonds. The fraction of sp³-hybridized carbons (Fsp3) is 1.00. The lowest BCUT2D eigenvalue weighted by Gasteiger charge is -2.29. The number of hydrogen-bond donors (Lipinski definition) is 2. The summed E-state index contributed by atoms with van der Waals surface area (Å²) in [6, 6.07) is 0. The molecule has 2 N–H and O–H groups in total. The monoisotopic (exact) mass is 184 g/mol. The van der Waals surface area contributed by atoms with Crippen molar-refractivity contribution in [3.63, 3.8) is 0 Å². The minimum atomic E-state index is 0.412. The topological polar surface area (TPSA) is 24.1 Å². The molecule has 1 aliphatic rings. The molecule has 0 aromatic heterocycles. The van der Waals surface area contributed by atoms with Gasteiger partial charge in [0.1, 0.15) is 0 Å². The molecule has 2 heteroatoms. The van der Waals surface area contributed by atoms with Crippen LogP contribution < -0.4 is 10.6 Å². The molecule has 1 saturated heterocycles. The van der Waals surface area contributed by atoms with Gasteiger partial charge in [-0.2, -0.15) is 0 Å². The van der Waals surface area contributed by atoms with E-state index in [4.69, 9.17) is 0 Å². The Kier molecular flexibility index (Phi) is 4.20. The van der Waals surface area contributed by atoms with Gasteiger partial charge in [-0.15, -0.1) is 0 Å². The van der Waals surface area contributed by atoms with Crippen molar-refractivity contribution in [2.75, 3.05) is 19.6 Å². The van der Waals surface area contributed by atoms with Gasteiger partial charge in [0, 0.05) is 12.1 Å². The Morgan fingerprint density at radius 2 is 2.23 bits per heavy atom. The maximum Gasteiger partial charge on any atom is 0.0304 e. The van der Waals surface area contributed by atoms with Gasteiger partial charge in [0.25, 0.3) is 0 Å². The second kappa shape index (κ2) is 4.97. The van der Waals surface area contributed by atoms with Gasteiger partial charge < -0.3 is 10.6 Å². The second-order valence-corrected chi connectivity index (χ2v) is 4.69. The SMILES string of the molecule is CCC1(CNCC(C)C)CCCN1. The fourth-order valence-electron chi connectivity index (χ4n) is 2.05. The normalized spacial score (nSPS) is 28.6. The van der Waals surface area contributed by atoms with Crippen molar-refractivity contribution < 1.29 is 0 Å². The van der Waals surface area contributed by atoms with Crippen LogP contribution in [0, 0.1) is 5.92 Å². The van der Waals surface area contributed by atoms with Crippen LogP contribution >= 0.6 is 0 Å². The Hall–Kier alpha value is -0.0800. The Bertz CT molecular complexity index is 137. The lowest BCUT2D eigenvalue weighted by molar-refractivity contribution is 0.333. The summed E-state index contributed by atoms with van der Waals surface area (Å²) >= 11 is 0. The van der Waals surface area contributed by atoms with Gasteiger partial charge in [-0.1, -0.05) is 20.8 Å². The highest BCUT2D eigenvalue weighted by Gasteiger charge is 2.30. The second-order valence-electron chi connectivity index (χ2n) is 4.69. The van der Waals surface area contributed by atoms with Crippen molar-refractivity contribution in [3.8, 4) is 0 Å². The third-order valence-electron chi connectivity index (χ3n) is 3.02. The summed E-state index contributed by atoms with van der Waals surface area (Å²) in [4.78, 5) is 0. The van der Waals surface area contributed by atoms with Crippen LogP contribution in [0.5, 0.6) is 0 Å². The average molecular weight is 184 g/mol. The molecule has 78 valence electrons. The van der Waals surface area contributed by atoms with E-state index < -0.39 is 0 Å². The summed E-state index contributed by atoms with van der Waals surface area (Å²) in [5.41, 5.74) is 0.412. The van der Waals surface area contributed by atoms with E-state index in [0.717, 1.165) is 19.0 Å². The minimum Gasteiger partial charge on any atom is -0.315 e. The zero-order valence-corrected chi connectivity index (χ0v) is 9.32. The Morgan fingerprint density at radius 3 is 2.69 bits per heavy atom. The molecule has 1 unspecified atom stereocenters. The summed E-state index contributed by atoms with van der Waals surface area (Å²) in [5, 5.41) is 7.19. The van der Waals surface area contributed by atoms with Gasteiger partial charge >= 0.3 is 0 Å². The molecule has 0 radical (unpaired) electrons. The van der Waals surface area contributed by atoms with E-state index in [0.29, 0.717) is 5.54 Å². The largest absolute Gasteiger partial charge is 0.315 e. The predicted octanol–water partition coefficient (Wildman–Crippen LogP) is 1.76. The van der Waals surface area contributed by atoms with Gasteiger partial charge in [0.2, 0.25) is 0 Å². The van der Waals surface area contributed by atoms with Crippen molar-refractivity contribution in [1.82, 2.24) is 10.6 Å². The number of hydrogen-bond acceptors (Lipinski definition) is 2. The maximum atomic E-state index is 3.63. The van der Waals surface area contributed by atoms with Crippen LogP contribution in [0.15, 0.2) is 0 Å². The van der Waals surface area contributed by atoms with Crippen LogP contribution in [0.25, 0.3) is 0 Å². The van der Waals surface area contributed by atoms with Crippen LogP contribution in [0.4, 0.5) is 0 Å².